The van der Waals surface area contributed by atoms with Crippen molar-refractivity contribution in [2.75, 3.05) is 41.8 Å². The summed E-state index contributed by atoms with van der Waals surface area (Å²) in [6.45, 7) is 3.78. The zero-order chi connectivity index (χ0) is 19.2. The first-order valence-corrected chi connectivity index (χ1v) is 10.3. The Hall–Kier alpha value is -2.60. The third-order valence-corrected chi connectivity index (χ3v) is 5.40. The molecule has 1 aromatic carbocycles. The molecule has 2 N–H and O–H groups in total. The lowest BCUT2D eigenvalue weighted by atomic mass is 10.1. The third kappa shape index (κ3) is 4.81. The van der Waals surface area contributed by atoms with Crippen LogP contribution in [0.25, 0.3) is 0 Å². The van der Waals surface area contributed by atoms with Crippen molar-refractivity contribution < 1.29 is 9.53 Å². The van der Waals surface area contributed by atoms with E-state index in [4.69, 9.17) is 4.74 Å². The van der Waals surface area contributed by atoms with Gasteiger partial charge in [0.2, 0.25) is 0 Å². The van der Waals surface area contributed by atoms with Crippen LogP contribution in [0, 0.1) is 0 Å². The number of amides is 1. The lowest BCUT2D eigenvalue weighted by Crippen LogP contribution is -2.29. The Morgan fingerprint density at radius 3 is 2.68 bits per heavy atom. The quantitative estimate of drug-likeness (QED) is 0.795. The number of anilines is 3. The number of benzene rings is 1. The van der Waals surface area contributed by atoms with E-state index in [1.54, 1.807) is 18.3 Å². The van der Waals surface area contributed by atoms with Crippen LogP contribution in [0.5, 0.6) is 0 Å². The smallest absolute Gasteiger partial charge is 0.255 e. The molecule has 0 saturated carbocycles. The molecule has 1 amide bonds. The molecule has 6 heteroatoms. The topological polar surface area (TPSA) is 66.5 Å². The van der Waals surface area contributed by atoms with E-state index in [2.05, 4.69) is 32.7 Å². The van der Waals surface area contributed by atoms with Gasteiger partial charge in [0.25, 0.3) is 5.91 Å². The van der Waals surface area contributed by atoms with Gasteiger partial charge in [0.1, 0.15) is 5.82 Å². The zero-order valence-corrected chi connectivity index (χ0v) is 16.2. The van der Waals surface area contributed by atoms with Crippen LogP contribution >= 0.6 is 0 Å². The van der Waals surface area contributed by atoms with Crippen molar-refractivity contribution in [3.63, 3.8) is 0 Å². The van der Waals surface area contributed by atoms with Crippen LogP contribution in [-0.2, 0) is 4.74 Å². The molecule has 0 radical (unpaired) electrons. The van der Waals surface area contributed by atoms with Crippen LogP contribution in [0.4, 0.5) is 17.2 Å². The Balaban J connectivity index is 1.34. The minimum Gasteiger partial charge on any atom is -0.376 e. The van der Waals surface area contributed by atoms with Crippen LogP contribution < -0.4 is 15.5 Å². The first-order chi connectivity index (χ1) is 13.8. The van der Waals surface area contributed by atoms with Gasteiger partial charge < -0.3 is 20.3 Å². The maximum atomic E-state index is 12.6. The molecular weight excluding hydrogens is 352 g/mol. The maximum Gasteiger partial charge on any atom is 0.255 e. The van der Waals surface area contributed by atoms with E-state index >= 15 is 0 Å². The van der Waals surface area contributed by atoms with Crippen molar-refractivity contribution >= 4 is 23.1 Å². The summed E-state index contributed by atoms with van der Waals surface area (Å²) in [6.07, 6.45) is 7.90. The number of ether oxygens (including phenoxy) is 1. The van der Waals surface area contributed by atoms with Crippen LogP contribution in [-0.4, -0.2) is 43.2 Å². The number of pyridine rings is 1. The molecule has 1 unspecified atom stereocenters. The van der Waals surface area contributed by atoms with E-state index in [0.717, 1.165) is 44.8 Å². The van der Waals surface area contributed by atoms with Crippen molar-refractivity contribution in [1.29, 1.82) is 0 Å². The summed E-state index contributed by atoms with van der Waals surface area (Å²) < 4.78 is 5.61. The molecule has 4 rings (SSSR count). The summed E-state index contributed by atoms with van der Waals surface area (Å²) in [5, 5.41) is 6.24. The summed E-state index contributed by atoms with van der Waals surface area (Å²) in [7, 11) is 0. The number of piperidine rings is 1. The van der Waals surface area contributed by atoms with E-state index < -0.39 is 0 Å². The van der Waals surface area contributed by atoms with Crippen molar-refractivity contribution in [1.82, 2.24) is 4.98 Å². The SMILES string of the molecule is O=C(Nc1ccc(N2CCCCC2)cc1)c1ccnc(NCC2CCCO2)c1. The molecule has 2 aromatic rings. The highest BCUT2D eigenvalue weighted by atomic mass is 16.5. The first kappa shape index (κ1) is 18.7. The fourth-order valence-electron chi connectivity index (χ4n) is 3.80. The summed E-state index contributed by atoms with van der Waals surface area (Å²) in [5.74, 6) is 0.567. The van der Waals surface area contributed by atoms with Gasteiger partial charge in [0.15, 0.2) is 0 Å². The van der Waals surface area contributed by atoms with Crippen molar-refractivity contribution in [2.24, 2.45) is 0 Å². The lowest BCUT2D eigenvalue weighted by molar-refractivity contribution is 0.102. The van der Waals surface area contributed by atoms with Crippen LogP contribution in [0.1, 0.15) is 42.5 Å². The molecular formula is C22H28N4O2. The molecule has 0 spiro atoms. The van der Waals surface area contributed by atoms with Crippen LogP contribution in [0.2, 0.25) is 0 Å². The number of hydrogen-bond acceptors (Lipinski definition) is 5. The average molecular weight is 380 g/mol. The number of carbonyl (C=O) groups excluding carboxylic acids is 1. The van der Waals surface area contributed by atoms with Gasteiger partial charge in [-0.2, -0.15) is 0 Å². The molecule has 3 heterocycles. The number of nitrogens with one attached hydrogen (secondary N) is 2. The number of carbonyl (C=O) groups is 1. The fraction of sp³-hybridized carbons (Fsp3) is 0.455. The standard InChI is InChI=1S/C22H28N4O2/c27-22(17-10-11-23-21(15-17)24-16-20-5-4-14-28-20)25-18-6-8-19(9-7-18)26-12-2-1-3-13-26/h6-11,15,20H,1-5,12-14,16H2,(H,23,24)(H,25,27). The van der Waals surface area contributed by atoms with E-state index in [1.165, 1.54) is 24.9 Å². The number of hydrogen-bond donors (Lipinski definition) is 2. The highest BCUT2D eigenvalue weighted by Crippen LogP contribution is 2.22. The summed E-state index contributed by atoms with van der Waals surface area (Å²) in [5.41, 5.74) is 2.61. The number of rotatable bonds is 6. The molecule has 6 nitrogen and oxygen atoms in total. The second kappa shape index (κ2) is 9.06. The van der Waals surface area contributed by atoms with Crippen LogP contribution in [0.3, 0.4) is 0 Å². The predicted octanol–water partition coefficient (Wildman–Crippen LogP) is 3.92. The van der Waals surface area contributed by atoms with Gasteiger partial charge >= 0.3 is 0 Å². The minimum atomic E-state index is -0.131. The molecule has 1 aromatic heterocycles. The summed E-state index contributed by atoms with van der Waals surface area (Å²) in [4.78, 5) is 19.3. The molecule has 0 aliphatic carbocycles. The summed E-state index contributed by atoms with van der Waals surface area (Å²) >= 11 is 0. The molecule has 0 bridgehead atoms. The van der Waals surface area contributed by atoms with Gasteiger partial charge in [-0.1, -0.05) is 0 Å². The zero-order valence-electron chi connectivity index (χ0n) is 16.2. The van der Waals surface area contributed by atoms with Gasteiger partial charge in [-0.15, -0.1) is 0 Å². The van der Waals surface area contributed by atoms with Gasteiger partial charge in [0.05, 0.1) is 6.10 Å². The second-order valence-electron chi connectivity index (χ2n) is 7.49. The van der Waals surface area contributed by atoms with Crippen molar-refractivity contribution in [3.05, 3.63) is 48.2 Å². The Kier molecular flexibility index (Phi) is 6.07. The average Bonchev–Trinajstić information content (AvgIpc) is 3.27. The Labute approximate surface area is 166 Å². The van der Waals surface area contributed by atoms with Gasteiger partial charge in [-0.3, -0.25) is 4.79 Å². The van der Waals surface area contributed by atoms with Gasteiger partial charge in [0, 0.05) is 49.4 Å². The van der Waals surface area contributed by atoms with Crippen molar-refractivity contribution in [3.8, 4) is 0 Å². The molecule has 148 valence electrons. The molecule has 2 fully saturated rings. The number of aromatic nitrogens is 1. The highest BCUT2D eigenvalue weighted by Gasteiger charge is 2.16. The van der Waals surface area contributed by atoms with Crippen molar-refractivity contribution in [2.45, 2.75) is 38.2 Å². The Bertz CT molecular complexity index is 781. The maximum absolute atomic E-state index is 12.6. The summed E-state index contributed by atoms with van der Waals surface area (Å²) in [6, 6.07) is 11.6. The molecule has 1 atom stereocenters. The Morgan fingerprint density at radius 2 is 1.93 bits per heavy atom. The second-order valence-corrected chi connectivity index (χ2v) is 7.49. The highest BCUT2D eigenvalue weighted by molar-refractivity contribution is 6.04. The number of nitrogens with zero attached hydrogens (tertiary/aromatic N) is 2. The van der Waals surface area contributed by atoms with Gasteiger partial charge in [-0.05, 0) is 68.5 Å². The molecule has 28 heavy (non-hydrogen) atoms. The minimum absolute atomic E-state index is 0.131. The van der Waals surface area contributed by atoms with E-state index in [1.807, 2.05) is 12.1 Å². The predicted molar refractivity (Wildman–Crippen MR) is 112 cm³/mol. The Morgan fingerprint density at radius 1 is 1.11 bits per heavy atom. The van der Waals surface area contributed by atoms with E-state index in [0.29, 0.717) is 11.4 Å². The normalized spacial score (nSPS) is 19.4. The lowest BCUT2D eigenvalue weighted by Gasteiger charge is -2.28. The van der Waals surface area contributed by atoms with Crippen LogP contribution in [0.15, 0.2) is 42.6 Å². The van der Waals surface area contributed by atoms with Gasteiger partial charge in [-0.25, -0.2) is 4.98 Å². The monoisotopic (exact) mass is 380 g/mol. The third-order valence-electron chi connectivity index (χ3n) is 5.40. The first-order valence-electron chi connectivity index (χ1n) is 10.3. The van der Waals surface area contributed by atoms with E-state index in [9.17, 15) is 4.79 Å². The molecule has 2 aliphatic heterocycles. The fourth-order valence-corrected chi connectivity index (χ4v) is 3.80. The largest absolute Gasteiger partial charge is 0.376 e. The molecule has 2 saturated heterocycles. The van der Waals surface area contributed by atoms with E-state index in [-0.39, 0.29) is 12.0 Å². The molecule has 2 aliphatic rings.